The van der Waals surface area contributed by atoms with Crippen LogP contribution >= 0.6 is 11.6 Å². The lowest BCUT2D eigenvalue weighted by Crippen LogP contribution is -2.29. The lowest BCUT2D eigenvalue weighted by molar-refractivity contribution is 0.322. The molecule has 0 bridgehead atoms. The monoisotopic (exact) mass is 225 g/mol. The molecule has 1 saturated heterocycles. The van der Waals surface area contributed by atoms with Gasteiger partial charge in [-0.2, -0.15) is 0 Å². The number of likely N-dealkylation sites (tertiary alicyclic amines) is 1. The Balaban J connectivity index is 1.90. The van der Waals surface area contributed by atoms with Gasteiger partial charge in [0.2, 0.25) is 0 Å². The van der Waals surface area contributed by atoms with E-state index in [9.17, 15) is 0 Å². The smallest absolute Gasteiger partial charge is 0.129 e. The highest BCUT2D eigenvalue weighted by molar-refractivity contribution is 6.29. The lowest BCUT2D eigenvalue weighted by Gasteiger charge is -2.15. The number of likely N-dealkylation sites (N-methyl/N-ethyl adjacent to an activating group) is 1. The van der Waals surface area contributed by atoms with Crippen molar-refractivity contribution >= 4 is 11.6 Å². The third-order valence-corrected chi connectivity index (χ3v) is 3.10. The van der Waals surface area contributed by atoms with Gasteiger partial charge in [-0.05, 0) is 25.1 Å². The molecule has 0 aromatic carbocycles. The van der Waals surface area contributed by atoms with E-state index in [2.05, 4.69) is 15.2 Å². The highest BCUT2D eigenvalue weighted by Gasteiger charge is 2.20. The zero-order valence-corrected chi connectivity index (χ0v) is 9.67. The van der Waals surface area contributed by atoms with Crippen LogP contribution in [-0.4, -0.2) is 36.1 Å². The largest absolute Gasteiger partial charge is 0.316 e. The van der Waals surface area contributed by atoms with E-state index in [1.807, 2.05) is 25.4 Å². The Morgan fingerprint density at radius 3 is 3.07 bits per heavy atom. The molecule has 1 N–H and O–H groups in total. The van der Waals surface area contributed by atoms with Crippen LogP contribution in [0.4, 0.5) is 0 Å². The number of halogens is 1. The van der Waals surface area contributed by atoms with Crippen LogP contribution in [0, 0.1) is 0 Å². The minimum atomic E-state index is 0.563. The Morgan fingerprint density at radius 2 is 2.47 bits per heavy atom. The van der Waals surface area contributed by atoms with Crippen LogP contribution in [-0.2, 0) is 6.54 Å². The predicted octanol–water partition coefficient (Wildman–Crippen LogP) is 1.53. The van der Waals surface area contributed by atoms with Crippen molar-refractivity contribution < 1.29 is 0 Å². The molecule has 0 radical (unpaired) electrons. The summed E-state index contributed by atoms with van der Waals surface area (Å²) in [4.78, 5) is 6.52. The summed E-state index contributed by atoms with van der Waals surface area (Å²) in [6, 6.07) is 4.54. The Kier molecular flexibility index (Phi) is 3.57. The Labute approximate surface area is 95.4 Å². The third kappa shape index (κ3) is 2.91. The molecular weight excluding hydrogens is 210 g/mol. The first-order valence-corrected chi connectivity index (χ1v) is 5.66. The molecule has 1 aliphatic rings. The van der Waals surface area contributed by atoms with Gasteiger partial charge in [-0.15, -0.1) is 0 Å². The second kappa shape index (κ2) is 4.92. The fraction of sp³-hybridized carbons (Fsp3) is 0.545. The maximum atomic E-state index is 5.74. The first kappa shape index (κ1) is 10.9. The maximum Gasteiger partial charge on any atom is 0.129 e. The van der Waals surface area contributed by atoms with Gasteiger partial charge in [0, 0.05) is 31.9 Å². The summed E-state index contributed by atoms with van der Waals surface area (Å²) >= 11 is 5.74. The van der Waals surface area contributed by atoms with Crippen molar-refractivity contribution in [1.82, 2.24) is 15.2 Å². The molecular formula is C11H16ClN3. The van der Waals surface area contributed by atoms with E-state index in [-0.39, 0.29) is 0 Å². The van der Waals surface area contributed by atoms with Crippen molar-refractivity contribution in [3.63, 3.8) is 0 Å². The standard InChI is InChI=1S/C11H16ClN3/c1-13-10-4-5-15(8-10)7-9-2-3-11(12)14-6-9/h2-3,6,10,13H,4-5,7-8H2,1H3. The van der Waals surface area contributed by atoms with Gasteiger partial charge in [0.15, 0.2) is 0 Å². The van der Waals surface area contributed by atoms with E-state index < -0.39 is 0 Å². The van der Waals surface area contributed by atoms with Crippen molar-refractivity contribution in [1.29, 1.82) is 0 Å². The summed E-state index contributed by atoms with van der Waals surface area (Å²) in [5, 5.41) is 3.87. The quantitative estimate of drug-likeness (QED) is 0.791. The van der Waals surface area contributed by atoms with Gasteiger partial charge >= 0.3 is 0 Å². The SMILES string of the molecule is CNC1CCN(Cc2ccc(Cl)nc2)C1. The summed E-state index contributed by atoms with van der Waals surface area (Å²) in [5.74, 6) is 0. The molecule has 2 heterocycles. The summed E-state index contributed by atoms with van der Waals surface area (Å²) < 4.78 is 0. The van der Waals surface area contributed by atoms with Crippen molar-refractivity contribution in [2.24, 2.45) is 0 Å². The molecule has 1 atom stereocenters. The second-order valence-electron chi connectivity index (χ2n) is 4.00. The molecule has 4 heteroatoms. The number of pyridine rings is 1. The van der Waals surface area contributed by atoms with E-state index in [4.69, 9.17) is 11.6 Å². The van der Waals surface area contributed by atoms with Crippen LogP contribution in [0.15, 0.2) is 18.3 Å². The number of nitrogens with one attached hydrogen (secondary N) is 1. The van der Waals surface area contributed by atoms with E-state index in [0.717, 1.165) is 19.6 Å². The highest BCUT2D eigenvalue weighted by atomic mass is 35.5. The van der Waals surface area contributed by atoms with Gasteiger partial charge in [-0.25, -0.2) is 4.98 Å². The summed E-state index contributed by atoms with van der Waals surface area (Å²) in [6.45, 7) is 3.26. The number of aromatic nitrogens is 1. The number of hydrogen-bond donors (Lipinski definition) is 1. The molecule has 3 nitrogen and oxygen atoms in total. The van der Waals surface area contributed by atoms with E-state index >= 15 is 0 Å². The Bertz CT molecular complexity index is 312. The Hall–Kier alpha value is -0.640. The summed E-state index contributed by atoms with van der Waals surface area (Å²) in [6.07, 6.45) is 3.09. The molecule has 0 aliphatic carbocycles. The lowest BCUT2D eigenvalue weighted by atomic mass is 10.2. The van der Waals surface area contributed by atoms with Gasteiger partial charge < -0.3 is 5.32 Å². The molecule has 0 saturated carbocycles. The molecule has 1 aromatic rings. The van der Waals surface area contributed by atoms with Crippen LogP contribution < -0.4 is 5.32 Å². The van der Waals surface area contributed by atoms with Crippen LogP contribution in [0.1, 0.15) is 12.0 Å². The Morgan fingerprint density at radius 1 is 1.60 bits per heavy atom. The second-order valence-corrected chi connectivity index (χ2v) is 4.39. The van der Waals surface area contributed by atoms with Crippen LogP contribution in [0.3, 0.4) is 0 Å². The van der Waals surface area contributed by atoms with Crippen molar-refractivity contribution in [3.05, 3.63) is 29.0 Å². The normalized spacial score (nSPS) is 22.1. The summed E-state index contributed by atoms with van der Waals surface area (Å²) in [7, 11) is 2.03. The number of hydrogen-bond acceptors (Lipinski definition) is 3. The van der Waals surface area contributed by atoms with Crippen LogP contribution in [0.5, 0.6) is 0 Å². The number of rotatable bonds is 3. The average molecular weight is 226 g/mol. The topological polar surface area (TPSA) is 28.2 Å². The highest BCUT2D eigenvalue weighted by Crippen LogP contribution is 2.13. The van der Waals surface area contributed by atoms with Crippen molar-refractivity contribution in [2.45, 2.75) is 19.0 Å². The van der Waals surface area contributed by atoms with Crippen molar-refractivity contribution in [2.75, 3.05) is 20.1 Å². The zero-order chi connectivity index (χ0) is 10.7. The van der Waals surface area contributed by atoms with Gasteiger partial charge in [0.25, 0.3) is 0 Å². The average Bonchev–Trinajstić information content (AvgIpc) is 2.69. The maximum absolute atomic E-state index is 5.74. The van der Waals surface area contributed by atoms with E-state index in [1.165, 1.54) is 12.0 Å². The first-order chi connectivity index (χ1) is 7.28. The molecule has 0 amide bonds. The molecule has 1 aliphatic heterocycles. The zero-order valence-electron chi connectivity index (χ0n) is 8.91. The van der Waals surface area contributed by atoms with Gasteiger partial charge in [0.05, 0.1) is 0 Å². The van der Waals surface area contributed by atoms with E-state index in [1.54, 1.807) is 0 Å². The minimum absolute atomic E-state index is 0.563. The predicted molar refractivity (Wildman–Crippen MR) is 62.0 cm³/mol. The van der Waals surface area contributed by atoms with Crippen LogP contribution in [0.2, 0.25) is 5.15 Å². The van der Waals surface area contributed by atoms with Gasteiger partial charge in [-0.1, -0.05) is 17.7 Å². The minimum Gasteiger partial charge on any atom is -0.316 e. The van der Waals surface area contributed by atoms with Crippen molar-refractivity contribution in [3.8, 4) is 0 Å². The van der Waals surface area contributed by atoms with Gasteiger partial charge in [0.1, 0.15) is 5.15 Å². The van der Waals surface area contributed by atoms with E-state index in [0.29, 0.717) is 11.2 Å². The van der Waals surface area contributed by atoms with Crippen LogP contribution in [0.25, 0.3) is 0 Å². The molecule has 82 valence electrons. The molecule has 15 heavy (non-hydrogen) atoms. The summed E-state index contributed by atoms with van der Waals surface area (Å²) in [5.41, 5.74) is 1.23. The molecule has 1 fully saturated rings. The number of nitrogens with zero attached hydrogens (tertiary/aromatic N) is 2. The molecule has 2 rings (SSSR count). The fourth-order valence-electron chi connectivity index (χ4n) is 1.97. The first-order valence-electron chi connectivity index (χ1n) is 5.28. The fourth-order valence-corrected chi connectivity index (χ4v) is 2.08. The van der Waals surface area contributed by atoms with Gasteiger partial charge in [-0.3, -0.25) is 4.90 Å². The molecule has 0 spiro atoms. The third-order valence-electron chi connectivity index (χ3n) is 2.88. The molecule has 1 unspecified atom stereocenters. The molecule has 1 aromatic heterocycles.